The van der Waals surface area contributed by atoms with Crippen molar-refractivity contribution < 1.29 is 24.9 Å². The number of carboxylic acid groups (broad SMARTS) is 2. The minimum Gasteiger partial charge on any atom is -0.478 e. The first-order valence-corrected chi connectivity index (χ1v) is 9.79. The van der Waals surface area contributed by atoms with E-state index in [1.165, 1.54) is 83.5 Å². The maximum atomic E-state index is 9.55. The Morgan fingerprint density at radius 1 is 0.600 bits per heavy atom. The minimum absolute atomic E-state index is 0.373. The van der Waals surface area contributed by atoms with E-state index < -0.39 is 11.9 Å². The van der Waals surface area contributed by atoms with E-state index in [0.29, 0.717) is 18.8 Å². The van der Waals surface area contributed by atoms with Crippen LogP contribution in [0.3, 0.4) is 0 Å². The largest absolute Gasteiger partial charge is 0.478 e. The van der Waals surface area contributed by atoms with E-state index >= 15 is 0 Å². The molecule has 0 rings (SSSR count). The van der Waals surface area contributed by atoms with Gasteiger partial charge in [0.05, 0.1) is 0 Å². The number of unbranched alkanes of at least 4 members (excludes halogenated alkanes) is 13. The number of carboxylic acids is 2. The zero-order valence-electron chi connectivity index (χ0n) is 15.9. The molecule has 0 spiro atoms. The van der Waals surface area contributed by atoms with Gasteiger partial charge in [0.1, 0.15) is 0 Å². The first kappa shape index (κ1) is 25.9. The maximum absolute atomic E-state index is 9.55. The van der Waals surface area contributed by atoms with Crippen molar-refractivity contribution in [2.75, 3.05) is 6.61 Å². The van der Waals surface area contributed by atoms with Gasteiger partial charge in [-0.2, -0.15) is 0 Å². The molecule has 0 heterocycles. The van der Waals surface area contributed by atoms with Crippen molar-refractivity contribution in [1.82, 2.24) is 0 Å². The number of hydrogen-bond acceptors (Lipinski definition) is 3. The molecule has 0 amide bonds. The Labute approximate surface area is 153 Å². The molecule has 0 aliphatic carbocycles. The third-order valence-corrected chi connectivity index (χ3v) is 3.88. The normalized spacial score (nSPS) is 10.5. The highest BCUT2D eigenvalue weighted by atomic mass is 16.4. The Bertz CT molecular complexity index is 296. The van der Waals surface area contributed by atoms with Crippen molar-refractivity contribution in [3.8, 4) is 0 Å². The highest BCUT2D eigenvalue weighted by Gasteiger charge is 1.93. The van der Waals surface area contributed by atoms with Crippen LogP contribution < -0.4 is 0 Å². The summed E-state index contributed by atoms with van der Waals surface area (Å²) >= 11 is 0. The highest BCUT2D eigenvalue weighted by molar-refractivity contribution is 5.89. The number of rotatable bonds is 16. The number of aliphatic hydroxyl groups excluding tert-OH is 1. The van der Waals surface area contributed by atoms with Crippen LogP contribution in [0.1, 0.15) is 96.8 Å². The predicted molar refractivity (Wildman–Crippen MR) is 102 cm³/mol. The lowest BCUT2D eigenvalue weighted by Gasteiger charge is -2.02. The molecule has 5 nitrogen and oxygen atoms in total. The van der Waals surface area contributed by atoms with Gasteiger partial charge in [0.25, 0.3) is 0 Å². The molecule has 0 bridgehead atoms. The minimum atomic E-state index is -1.26. The number of aliphatic hydroxyl groups is 1. The van der Waals surface area contributed by atoms with Crippen molar-refractivity contribution in [3.05, 3.63) is 12.2 Å². The molecule has 0 atom stereocenters. The molecule has 0 aromatic carbocycles. The van der Waals surface area contributed by atoms with Crippen LogP contribution in [0.4, 0.5) is 0 Å². The Balaban J connectivity index is 0. The van der Waals surface area contributed by atoms with E-state index in [4.69, 9.17) is 15.3 Å². The maximum Gasteiger partial charge on any atom is 0.328 e. The summed E-state index contributed by atoms with van der Waals surface area (Å²) in [5, 5.41) is 24.3. The molecule has 0 aliphatic rings. The third-order valence-electron chi connectivity index (χ3n) is 3.88. The second-order valence-corrected chi connectivity index (χ2v) is 6.33. The monoisotopic (exact) mass is 358 g/mol. The van der Waals surface area contributed by atoms with Gasteiger partial charge in [-0.3, -0.25) is 0 Å². The predicted octanol–water partition coefficient (Wildman–Crippen LogP) is 5.17. The second kappa shape index (κ2) is 22.6. The molecule has 0 aromatic heterocycles. The van der Waals surface area contributed by atoms with Crippen LogP contribution in [-0.4, -0.2) is 33.9 Å². The smallest absolute Gasteiger partial charge is 0.328 e. The van der Waals surface area contributed by atoms with Crippen molar-refractivity contribution in [2.45, 2.75) is 96.8 Å². The lowest BCUT2D eigenvalue weighted by molar-refractivity contribution is -0.134. The molecule has 5 heteroatoms. The number of carbonyl (C=O) groups is 2. The average Bonchev–Trinajstić information content (AvgIpc) is 2.58. The van der Waals surface area contributed by atoms with Crippen molar-refractivity contribution in [3.63, 3.8) is 0 Å². The molecule has 25 heavy (non-hydrogen) atoms. The molecule has 0 radical (unpaired) electrons. The summed E-state index contributed by atoms with van der Waals surface area (Å²) < 4.78 is 0. The Morgan fingerprint density at radius 2 is 0.880 bits per heavy atom. The lowest BCUT2D eigenvalue weighted by Crippen LogP contribution is -1.91. The summed E-state index contributed by atoms with van der Waals surface area (Å²) in [6.07, 6.45) is 20.3. The summed E-state index contributed by atoms with van der Waals surface area (Å²) in [6, 6.07) is 0. The van der Waals surface area contributed by atoms with Gasteiger partial charge in [0.2, 0.25) is 0 Å². The summed E-state index contributed by atoms with van der Waals surface area (Å²) in [7, 11) is 0. The fourth-order valence-corrected chi connectivity index (χ4v) is 2.45. The Morgan fingerprint density at radius 3 is 1.12 bits per heavy atom. The summed E-state index contributed by atoms with van der Waals surface area (Å²) in [5.74, 6) is -2.51. The van der Waals surface area contributed by atoms with Crippen molar-refractivity contribution >= 4 is 11.9 Å². The molecule has 0 unspecified atom stereocenters. The van der Waals surface area contributed by atoms with Gasteiger partial charge in [-0.1, -0.05) is 90.4 Å². The van der Waals surface area contributed by atoms with Crippen molar-refractivity contribution in [1.29, 1.82) is 0 Å². The second-order valence-electron chi connectivity index (χ2n) is 6.33. The quantitative estimate of drug-likeness (QED) is 0.261. The van der Waals surface area contributed by atoms with Crippen LogP contribution in [0.2, 0.25) is 0 Å². The first-order valence-electron chi connectivity index (χ1n) is 9.79. The molecule has 148 valence electrons. The van der Waals surface area contributed by atoms with E-state index in [1.807, 2.05) is 0 Å². The van der Waals surface area contributed by atoms with Crippen molar-refractivity contribution in [2.24, 2.45) is 0 Å². The van der Waals surface area contributed by atoms with Crippen LogP contribution in [-0.2, 0) is 9.59 Å². The molecule has 0 aliphatic heterocycles. The van der Waals surface area contributed by atoms with Crippen LogP contribution in [0.25, 0.3) is 0 Å². The van der Waals surface area contributed by atoms with Gasteiger partial charge in [-0.05, 0) is 6.42 Å². The third kappa shape index (κ3) is 31.0. The highest BCUT2D eigenvalue weighted by Crippen LogP contribution is 2.12. The van der Waals surface area contributed by atoms with Gasteiger partial charge >= 0.3 is 11.9 Å². The van der Waals surface area contributed by atoms with Gasteiger partial charge in [0, 0.05) is 18.8 Å². The van der Waals surface area contributed by atoms with E-state index in [9.17, 15) is 9.59 Å². The van der Waals surface area contributed by atoms with E-state index in [1.54, 1.807) is 0 Å². The fraction of sp³-hybridized carbons (Fsp3) is 0.800. The van der Waals surface area contributed by atoms with Crippen LogP contribution in [0, 0.1) is 0 Å². The molecular formula is C20H38O5. The molecular weight excluding hydrogens is 320 g/mol. The molecule has 0 aromatic rings. The zero-order valence-corrected chi connectivity index (χ0v) is 15.9. The molecule has 0 saturated heterocycles. The molecule has 0 saturated carbocycles. The Kier molecular flexibility index (Phi) is 23.4. The molecule has 0 fully saturated rings. The standard InChI is InChI=1S/C16H34O.C4H4O4/c1-2-3-4-5-6-7-8-9-10-11-12-13-14-15-16-17;5-3(6)1-2-4(7)8/h17H,2-16H2,1H3;1-2H,(H,5,6)(H,7,8)/b;2-1-. The Hall–Kier alpha value is -1.36. The molecule has 3 N–H and O–H groups in total. The summed E-state index contributed by atoms with van der Waals surface area (Å²) in [5.41, 5.74) is 0. The van der Waals surface area contributed by atoms with Crippen LogP contribution >= 0.6 is 0 Å². The number of aliphatic carboxylic acids is 2. The van der Waals surface area contributed by atoms with Gasteiger partial charge < -0.3 is 15.3 Å². The van der Waals surface area contributed by atoms with Gasteiger partial charge in [-0.25, -0.2) is 9.59 Å². The van der Waals surface area contributed by atoms with Gasteiger partial charge in [0.15, 0.2) is 0 Å². The van der Waals surface area contributed by atoms with E-state index in [-0.39, 0.29) is 0 Å². The lowest BCUT2D eigenvalue weighted by atomic mass is 10.0. The van der Waals surface area contributed by atoms with Crippen LogP contribution in [0.15, 0.2) is 12.2 Å². The topological polar surface area (TPSA) is 94.8 Å². The number of hydrogen-bond donors (Lipinski definition) is 3. The van der Waals surface area contributed by atoms with E-state index in [0.717, 1.165) is 6.42 Å². The average molecular weight is 359 g/mol. The van der Waals surface area contributed by atoms with Gasteiger partial charge in [-0.15, -0.1) is 0 Å². The summed E-state index contributed by atoms with van der Waals surface area (Å²) in [6.45, 7) is 2.65. The fourth-order valence-electron chi connectivity index (χ4n) is 2.45. The first-order chi connectivity index (χ1) is 12.0. The van der Waals surface area contributed by atoms with Crippen LogP contribution in [0.5, 0.6) is 0 Å². The SMILES string of the molecule is CCCCCCCCCCCCCCCCO.O=C(O)/C=C\C(=O)O. The zero-order chi connectivity index (χ0) is 19.2. The summed E-state index contributed by atoms with van der Waals surface area (Å²) in [4.78, 5) is 19.1. The van der Waals surface area contributed by atoms with E-state index in [2.05, 4.69) is 6.92 Å².